The Morgan fingerprint density at radius 3 is 2.94 bits per heavy atom. The molecule has 1 aromatic rings. The molecule has 2 unspecified atom stereocenters. The highest BCUT2D eigenvalue weighted by Gasteiger charge is 2.26. The third-order valence-electron chi connectivity index (χ3n) is 3.61. The Hall–Kier alpha value is -1.18. The number of ketones is 1. The van der Waals surface area contributed by atoms with E-state index in [0.717, 1.165) is 24.0 Å². The summed E-state index contributed by atoms with van der Waals surface area (Å²) in [6.07, 6.45) is 8.03. The van der Waals surface area contributed by atoms with Crippen molar-refractivity contribution in [2.45, 2.75) is 39.5 Å². The summed E-state index contributed by atoms with van der Waals surface area (Å²) in [5, 5.41) is 0. The highest BCUT2D eigenvalue weighted by molar-refractivity contribution is 5.98. The van der Waals surface area contributed by atoms with Gasteiger partial charge in [0, 0.05) is 23.9 Å². The van der Waals surface area contributed by atoms with Crippen molar-refractivity contribution < 1.29 is 4.79 Å². The van der Waals surface area contributed by atoms with Crippen LogP contribution in [0.5, 0.6) is 0 Å². The molecule has 1 aromatic heterocycles. The van der Waals surface area contributed by atoms with Gasteiger partial charge in [-0.3, -0.25) is 9.78 Å². The molecule has 2 rings (SSSR count). The third kappa shape index (κ3) is 2.31. The maximum atomic E-state index is 12.3. The molecule has 86 valence electrons. The number of aromatic nitrogens is 1. The molecule has 2 nitrogen and oxygen atoms in total. The minimum atomic E-state index is 0.228. The monoisotopic (exact) mass is 217 g/mol. The summed E-state index contributed by atoms with van der Waals surface area (Å²) in [5.41, 5.74) is 1.87. The fourth-order valence-corrected chi connectivity index (χ4v) is 2.61. The molecule has 0 radical (unpaired) electrons. The molecule has 0 spiro atoms. The van der Waals surface area contributed by atoms with Gasteiger partial charge >= 0.3 is 0 Å². The van der Waals surface area contributed by atoms with E-state index in [0.29, 0.717) is 11.7 Å². The van der Waals surface area contributed by atoms with Crippen LogP contribution in [0.15, 0.2) is 18.5 Å². The molecule has 16 heavy (non-hydrogen) atoms. The van der Waals surface area contributed by atoms with Gasteiger partial charge in [0.05, 0.1) is 0 Å². The van der Waals surface area contributed by atoms with Gasteiger partial charge in [0.25, 0.3) is 0 Å². The molecule has 2 atom stereocenters. The third-order valence-corrected chi connectivity index (χ3v) is 3.61. The molecule has 1 aliphatic carbocycles. The smallest absolute Gasteiger partial charge is 0.167 e. The Kier molecular flexibility index (Phi) is 3.37. The van der Waals surface area contributed by atoms with E-state index >= 15 is 0 Å². The Bertz CT molecular complexity index is 386. The molecule has 0 aromatic carbocycles. The number of rotatable bonds is 2. The maximum Gasteiger partial charge on any atom is 0.167 e. The van der Waals surface area contributed by atoms with Gasteiger partial charge in [-0.15, -0.1) is 0 Å². The van der Waals surface area contributed by atoms with Crippen molar-refractivity contribution in [3.05, 3.63) is 29.6 Å². The van der Waals surface area contributed by atoms with Gasteiger partial charge in [0.2, 0.25) is 0 Å². The van der Waals surface area contributed by atoms with E-state index in [4.69, 9.17) is 0 Å². The highest BCUT2D eigenvalue weighted by atomic mass is 16.1. The largest absolute Gasteiger partial charge is 0.294 e. The number of hydrogen-bond acceptors (Lipinski definition) is 2. The summed E-state index contributed by atoms with van der Waals surface area (Å²) < 4.78 is 0. The van der Waals surface area contributed by atoms with Crippen LogP contribution < -0.4 is 0 Å². The van der Waals surface area contributed by atoms with Crippen LogP contribution in [-0.2, 0) is 0 Å². The number of nitrogens with zero attached hydrogens (tertiary/aromatic N) is 1. The van der Waals surface area contributed by atoms with Gasteiger partial charge in [0.15, 0.2) is 5.78 Å². The SMILES string of the molecule is Cc1ccncc1C(=O)C1CCCC(C)C1. The van der Waals surface area contributed by atoms with Crippen molar-refractivity contribution in [1.29, 1.82) is 0 Å². The number of Topliss-reactive ketones (excluding diaryl/α,β-unsaturated/α-hetero) is 1. The second kappa shape index (κ2) is 4.77. The normalized spacial score (nSPS) is 25.4. The van der Waals surface area contributed by atoms with Crippen LogP contribution in [0.3, 0.4) is 0 Å². The van der Waals surface area contributed by atoms with Gasteiger partial charge in [-0.05, 0) is 37.3 Å². The van der Waals surface area contributed by atoms with Crippen molar-refractivity contribution in [1.82, 2.24) is 4.98 Å². The molecule has 1 fully saturated rings. The van der Waals surface area contributed by atoms with Crippen LogP contribution in [0.2, 0.25) is 0 Å². The van der Waals surface area contributed by atoms with Crippen LogP contribution in [0.25, 0.3) is 0 Å². The van der Waals surface area contributed by atoms with Gasteiger partial charge in [-0.1, -0.05) is 19.8 Å². The second-order valence-electron chi connectivity index (χ2n) is 5.02. The van der Waals surface area contributed by atoms with Crippen LogP contribution in [-0.4, -0.2) is 10.8 Å². The van der Waals surface area contributed by atoms with Gasteiger partial charge in [0.1, 0.15) is 0 Å². The zero-order valence-electron chi connectivity index (χ0n) is 10.1. The number of carbonyl (C=O) groups is 1. The lowest BCUT2D eigenvalue weighted by molar-refractivity contribution is 0.0867. The van der Waals surface area contributed by atoms with E-state index in [1.54, 1.807) is 12.4 Å². The summed E-state index contributed by atoms with van der Waals surface area (Å²) >= 11 is 0. The number of pyridine rings is 1. The van der Waals surface area contributed by atoms with Crippen molar-refractivity contribution in [2.75, 3.05) is 0 Å². The Balaban J connectivity index is 2.16. The average Bonchev–Trinajstić information content (AvgIpc) is 2.29. The van der Waals surface area contributed by atoms with E-state index in [2.05, 4.69) is 11.9 Å². The molecule has 0 bridgehead atoms. The first-order valence-electron chi connectivity index (χ1n) is 6.13. The van der Waals surface area contributed by atoms with Crippen LogP contribution in [0.4, 0.5) is 0 Å². The Labute approximate surface area is 97.1 Å². The topological polar surface area (TPSA) is 30.0 Å². The predicted molar refractivity (Wildman–Crippen MR) is 64.4 cm³/mol. The zero-order valence-corrected chi connectivity index (χ0v) is 10.1. The van der Waals surface area contributed by atoms with E-state index in [-0.39, 0.29) is 5.92 Å². The molecule has 0 amide bonds. The first-order valence-corrected chi connectivity index (χ1v) is 6.13. The van der Waals surface area contributed by atoms with E-state index in [1.165, 1.54) is 12.8 Å². The van der Waals surface area contributed by atoms with E-state index in [1.807, 2.05) is 13.0 Å². The van der Waals surface area contributed by atoms with Gasteiger partial charge in [-0.25, -0.2) is 0 Å². The number of hydrogen-bond donors (Lipinski definition) is 0. The molecular weight excluding hydrogens is 198 g/mol. The number of aryl methyl sites for hydroxylation is 1. The molecular formula is C14H19NO. The number of carbonyl (C=O) groups excluding carboxylic acids is 1. The quantitative estimate of drug-likeness (QED) is 0.711. The van der Waals surface area contributed by atoms with Crippen molar-refractivity contribution >= 4 is 5.78 Å². The zero-order chi connectivity index (χ0) is 11.5. The fraction of sp³-hybridized carbons (Fsp3) is 0.571. The molecule has 0 N–H and O–H groups in total. The molecule has 1 heterocycles. The molecule has 1 aliphatic rings. The molecule has 1 saturated carbocycles. The second-order valence-corrected chi connectivity index (χ2v) is 5.02. The first-order chi connectivity index (χ1) is 7.68. The summed E-state index contributed by atoms with van der Waals surface area (Å²) in [6.45, 7) is 4.23. The molecule has 2 heteroatoms. The van der Waals surface area contributed by atoms with E-state index < -0.39 is 0 Å². The van der Waals surface area contributed by atoms with Crippen molar-refractivity contribution in [3.8, 4) is 0 Å². The lowest BCUT2D eigenvalue weighted by atomic mass is 9.78. The minimum absolute atomic E-state index is 0.228. The highest BCUT2D eigenvalue weighted by Crippen LogP contribution is 2.31. The summed E-state index contributed by atoms with van der Waals surface area (Å²) in [5.74, 6) is 1.23. The lowest BCUT2D eigenvalue weighted by Crippen LogP contribution is -2.22. The van der Waals surface area contributed by atoms with Crippen molar-refractivity contribution in [2.24, 2.45) is 11.8 Å². The fourth-order valence-electron chi connectivity index (χ4n) is 2.61. The first kappa shape index (κ1) is 11.3. The Morgan fingerprint density at radius 1 is 1.44 bits per heavy atom. The minimum Gasteiger partial charge on any atom is -0.294 e. The van der Waals surface area contributed by atoms with Crippen LogP contribution >= 0.6 is 0 Å². The lowest BCUT2D eigenvalue weighted by Gasteiger charge is -2.25. The summed E-state index contributed by atoms with van der Waals surface area (Å²) in [6, 6.07) is 1.92. The Morgan fingerprint density at radius 2 is 2.25 bits per heavy atom. The average molecular weight is 217 g/mol. The summed E-state index contributed by atoms with van der Waals surface area (Å²) in [4.78, 5) is 16.4. The summed E-state index contributed by atoms with van der Waals surface area (Å²) in [7, 11) is 0. The van der Waals surface area contributed by atoms with Gasteiger partial charge in [-0.2, -0.15) is 0 Å². The van der Waals surface area contributed by atoms with Gasteiger partial charge < -0.3 is 0 Å². The van der Waals surface area contributed by atoms with Crippen LogP contribution in [0, 0.1) is 18.8 Å². The molecule has 0 saturated heterocycles. The predicted octanol–water partition coefficient (Wildman–Crippen LogP) is 3.40. The molecule has 0 aliphatic heterocycles. The standard InChI is InChI=1S/C14H19NO/c1-10-4-3-5-12(8-10)14(16)13-9-15-7-6-11(13)2/h6-7,9-10,12H,3-5,8H2,1-2H3. The van der Waals surface area contributed by atoms with Crippen molar-refractivity contribution in [3.63, 3.8) is 0 Å². The van der Waals surface area contributed by atoms with E-state index in [9.17, 15) is 4.79 Å². The maximum absolute atomic E-state index is 12.3. The van der Waals surface area contributed by atoms with Crippen LogP contribution in [0.1, 0.15) is 48.5 Å².